The maximum absolute atomic E-state index is 11.8. The lowest BCUT2D eigenvalue weighted by atomic mass is 10.1. The Morgan fingerprint density at radius 3 is 2.52 bits per heavy atom. The monoisotopic (exact) mass is 377 g/mol. The van der Waals surface area contributed by atoms with Crippen LogP contribution in [0.2, 0.25) is 10.0 Å². The Balaban J connectivity index is 1.80. The number of nitrogens with one attached hydrogen (secondary N) is 1. The van der Waals surface area contributed by atoms with Crippen molar-refractivity contribution in [1.82, 2.24) is 5.32 Å². The van der Waals surface area contributed by atoms with Gasteiger partial charge in [-0.05, 0) is 36.3 Å². The average Bonchev–Trinajstić information content (AvgIpc) is 2.61. The molecular formula is C19H17Cl2NO3. The summed E-state index contributed by atoms with van der Waals surface area (Å²) in [5, 5.41) is 3.60. The predicted octanol–water partition coefficient (Wildman–Crippen LogP) is 4.43. The third-order valence-corrected chi connectivity index (χ3v) is 4.12. The van der Waals surface area contributed by atoms with E-state index in [4.69, 9.17) is 27.9 Å². The van der Waals surface area contributed by atoms with E-state index in [9.17, 15) is 9.59 Å². The highest BCUT2D eigenvalue weighted by molar-refractivity contribution is 6.42. The van der Waals surface area contributed by atoms with Gasteiger partial charge >= 0.3 is 5.97 Å². The summed E-state index contributed by atoms with van der Waals surface area (Å²) in [6.45, 7) is 1.51. The van der Waals surface area contributed by atoms with Crippen LogP contribution in [0.1, 0.15) is 24.1 Å². The molecular weight excluding hydrogens is 361 g/mol. The lowest BCUT2D eigenvalue weighted by Crippen LogP contribution is -2.30. The molecule has 1 N–H and O–H groups in total. The minimum atomic E-state index is -0.617. The summed E-state index contributed by atoms with van der Waals surface area (Å²) in [6, 6.07) is 14.3. The lowest BCUT2D eigenvalue weighted by molar-refractivity contribution is -0.144. The summed E-state index contributed by atoms with van der Waals surface area (Å²) in [5.74, 6) is -0.985. The van der Waals surface area contributed by atoms with E-state index in [1.165, 1.54) is 12.2 Å². The summed E-state index contributed by atoms with van der Waals surface area (Å²) in [5.41, 5.74) is 1.68. The van der Waals surface area contributed by atoms with Gasteiger partial charge in [0.05, 0.1) is 16.1 Å². The standard InChI is InChI=1S/C19H17Cl2NO3/c1-13(15-5-3-2-4-6-15)22-18(23)12-25-19(24)10-8-14-7-9-16(20)17(21)11-14/h2-11,13H,12H2,1H3,(H,22,23)/b10-8+/t13-/m1/s1. The van der Waals surface area contributed by atoms with E-state index in [0.717, 1.165) is 5.56 Å². The number of hydrogen-bond acceptors (Lipinski definition) is 3. The van der Waals surface area contributed by atoms with Gasteiger partial charge in [-0.3, -0.25) is 4.79 Å². The molecule has 2 aromatic rings. The van der Waals surface area contributed by atoms with Gasteiger partial charge in [0.2, 0.25) is 0 Å². The number of benzene rings is 2. The van der Waals surface area contributed by atoms with Crippen molar-refractivity contribution in [2.75, 3.05) is 6.61 Å². The molecule has 0 radical (unpaired) electrons. The van der Waals surface area contributed by atoms with Crippen LogP contribution in [0.25, 0.3) is 6.08 Å². The quantitative estimate of drug-likeness (QED) is 0.598. The predicted molar refractivity (Wildman–Crippen MR) is 99.5 cm³/mol. The summed E-state index contributed by atoms with van der Waals surface area (Å²) >= 11 is 11.7. The lowest BCUT2D eigenvalue weighted by Gasteiger charge is -2.13. The molecule has 0 aromatic heterocycles. The smallest absolute Gasteiger partial charge is 0.331 e. The zero-order valence-corrected chi connectivity index (χ0v) is 15.1. The molecule has 1 atom stereocenters. The van der Waals surface area contributed by atoms with E-state index in [2.05, 4.69) is 5.32 Å². The minimum Gasteiger partial charge on any atom is -0.452 e. The van der Waals surface area contributed by atoms with Crippen LogP contribution in [0.5, 0.6) is 0 Å². The molecule has 0 aliphatic heterocycles. The minimum absolute atomic E-state index is 0.167. The maximum atomic E-state index is 11.8. The molecule has 6 heteroatoms. The van der Waals surface area contributed by atoms with Crippen molar-refractivity contribution in [3.63, 3.8) is 0 Å². The fourth-order valence-corrected chi connectivity index (χ4v) is 2.38. The number of hydrogen-bond donors (Lipinski definition) is 1. The topological polar surface area (TPSA) is 55.4 Å². The van der Waals surface area contributed by atoms with E-state index in [1.807, 2.05) is 37.3 Å². The largest absolute Gasteiger partial charge is 0.452 e. The maximum Gasteiger partial charge on any atom is 0.331 e. The zero-order chi connectivity index (χ0) is 18.2. The van der Waals surface area contributed by atoms with Gasteiger partial charge in [0.25, 0.3) is 5.91 Å². The van der Waals surface area contributed by atoms with E-state index < -0.39 is 5.97 Å². The van der Waals surface area contributed by atoms with Gasteiger partial charge in [0.1, 0.15) is 0 Å². The Morgan fingerprint density at radius 1 is 1.12 bits per heavy atom. The molecule has 0 unspecified atom stereocenters. The van der Waals surface area contributed by atoms with E-state index in [1.54, 1.807) is 18.2 Å². The molecule has 2 aromatic carbocycles. The highest BCUT2D eigenvalue weighted by atomic mass is 35.5. The Labute approximate surface area is 156 Å². The highest BCUT2D eigenvalue weighted by Crippen LogP contribution is 2.23. The molecule has 2 rings (SSSR count). The number of carbonyl (C=O) groups is 2. The molecule has 0 aliphatic carbocycles. The Hall–Kier alpha value is -2.30. The molecule has 0 spiro atoms. The zero-order valence-electron chi connectivity index (χ0n) is 13.5. The molecule has 0 saturated heterocycles. The molecule has 0 fully saturated rings. The van der Waals surface area contributed by atoms with Gasteiger partial charge in [-0.2, -0.15) is 0 Å². The molecule has 4 nitrogen and oxygen atoms in total. The summed E-state index contributed by atoms with van der Waals surface area (Å²) < 4.78 is 4.92. The van der Waals surface area contributed by atoms with Gasteiger partial charge in [0.15, 0.2) is 6.61 Å². The first-order chi connectivity index (χ1) is 12.0. The van der Waals surface area contributed by atoms with Crippen molar-refractivity contribution in [3.05, 3.63) is 75.8 Å². The number of ether oxygens (including phenoxy) is 1. The van der Waals surface area contributed by atoms with Crippen molar-refractivity contribution in [3.8, 4) is 0 Å². The fourth-order valence-electron chi connectivity index (χ4n) is 2.07. The van der Waals surface area contributed by atoms with Crippen molar-refractivity contribution in [2.24, 2.45) is 0 Å². The Morgan fingerprint density at radius 2 is 1.84 bits per heavy atom. The van der Waals surface area contributed by atoms with Gasteiger partial charge in [-0.1, -0.05) is 59.6 Å². The molecule has 1 amide bonds. The number of esters is 1. The third kappa shape index (κ3) is 6.25. The van der Waals surface area contributed by atoms with Crippen molar-refractivity contribution in [1.29, 1.82) is 0 Å². The van der Waals surface area contributed by atoms with Crippen molar-refractivity contribution in [2.45, 2.75) is 13.0 Å². The normalized spacial score (nSPS) is 12.0. The molecule has 130 valence electrons. The van der Waals surface area contributed by atoms with Crippen LogP contribution in [0.4, 0.5) is 0 Å². The van der Waals surface area contributed by atoms with Crippen LogP contribution in [0, 0.1) is 0 Å². The first-order valence-corrected chi connectivity index (χ1v) is 8.35. The number of carbonyl (C=O) groups excluding carboxylic acids is 2. The van der Waals surface area contributed by atoms with Crippen LogP contribution < -0.4 is 5.32 Å². The van der Waals surface area contributed by atoms with E-state index in [-0.39, 0.29) is 18.6 Å². The van der Waals surface area contributed by atoms with Gasteiger partial charge in [0, 0.05) is 6.08 Å². The summed E-state index contributed by atoms with van der Waals surface area (Å²) in [6.07, 6.45) is 2.77. The molecule has 0 saturated carbocycles. The van der Waals surface area contributed by atoms with Gasteiger partial charge in [-0.15, -0.1) is 0 Å². The van der Waals surface area contributed by atoms with Gasteiger partial charge < -0.3 is 10.1 Å². The third-order valence-electron chi connectivity index (χ3n) is 3.38. The van der Waals surface area contributed by atoms with Crippen LogP contribution in [0.3, 0.4) is 0 Å². The Kier molecular flexibility index (Phi) is 7.04. The average molecular weight is 378 g/mol. The van der Waals surface area contributed by atoms with Crippen molar-refractivity contribution >= 4 is 41.2 Å². The summed E-state index contributed by atoms with van der Waals surface area (Å²) in [4.78, 5) is 23.5. The van der Waals surface area contributed by atoms with Gasteiger partial charge in [-0.25, -0.2) is 4.79 Å². The number of halogens is 2. The molecule has 0 bridgehead atoms. The first kappa shape index (κ1) is 19.0. The number of rotatable bonds is 6. The number of amides is 1. The summed E-state index contributed by atoms with van der Waals surface area (Å²) in [7, 11) is 0. The van der Waals surface area contributed by atoms with Crippen molar-refractivity contribution < 1.29 is 14.3 Å². The molecule has 0 aliphatic rings. The van der Waals surface area contributed by atoms with E-state index >= 15 is 0 Å². The second kappa shape index (κ2) is 9.25. The fraction of sp³-hybridized carbons (Fsp3) is 0.158. The van der Waals surface area contributed by atoms with Crippen LogP contribution in [-0.2, 0) is 14.3 Å². The first-order valence-electron chi connectivity index (χ1n) is 7.60. The van der Waals surface area contributed by atoms with Crippen LogP contribution >= 0.6 is 23.2 Å². The van der Waals surface area contributed by atoms with Crippen LogP contribution in [-0.4, -0.2) is 18.5 Å². The van der Waals surface area contributed by atoms with Crippen LogP contribution in [0.15, 0.2) is 54.6 Å². The Bertz CT molecular complexity index is 775. The second-order valence-electron chi connectivity index (χ2n) is 5.31. The molecule has 25 heavy (non-hydrogen) atoms. The SMILES string of the molecule is C[C@@H](NC(=O)COC(=O)/C=C/c1ccc(Cl)c(Cl)c1)c1ccccc1. The molecule has 0 heterocycles. The van der Waals surface area contributed by atoms with E-state index in [0.29, 0.717) is 15.6 Å². The highest BCUT2D eigenvalue weighted by Gasteiger charge is 2.10. The second-order valence-corrected chi connectivity index (χ2v) is 6.13.